The standard InChI is InChI=1S/C32H40N2O7/c1-32(2,3)41-29(36)19-34-17-15-21(16-18-34)28(35)14-13-27(30(37)38)33(4)31(39)40-20-26-24-11-7-5-9-22(24)23-10-6-8-12-25(23)26/h5-12,21,26-27H,13-20H2,1-4H3,(H,37,38)/t27-/m0/s1. The van der Waals surface area contributed by atoms with E-state index in [1.807, 2.05) is 74.2 Å². The van der Waals surface area contributed by atoms with Crippen molar-refractivity contribution in [2.24, 2.45) is 5.92 Å². The fourth-order valence-corrected chi connectivity index (χ4v) is 5.76. The van der Waals surface area contributed by atoms with E-state index in [1.54, 1.807) is 0 Å². The minimum absolute atomic E-state index is 0.00693. The van der Waals surface area contributed by atoms with Crippen LogP contribution >= 0.6 is 0 Å². The number of carbonyl (C=O) groups excluding carboxylic acids is 3. The second-order valence-corrected chi connectivity index (χ2v) is 11.9. The number of ketones is 1. The van der Waals surface area contributed by atoms with Crippen molar-refractivity contribution in [2.75, 3.05) is 33.3 Å². The number of likely N-dealkylation sites (N-methyl/N-ethyl adjacent to an activating group) is 1. The zero-order valence-electron chi connectivity index (χ0n) is 24.3. The Bertz CT molecular complexity index is 1230. The number of carbonyl (C=O) groups is 4. The van der Waals surface area contributed by atoms with Gasteiger partial charge in [-0.25, -0.2) is 9.59 Å². The first kappa shape index (κ1) is 30.2. The molecule has 1 fully saturated rings. The molecule has 0 saturated carbocycles. The third kappa shape index (κ3) is 7.52. The van der Waals surface area contributed by atoms with E-state index in [0.717, 1.165) is 27.2 Å². The van der Waals surface area contributed by atoms with Crippen LogP contribution in [0.1, 0.15) is 63.5 Å². The number of amides is 1. The van der Waals surface area contributed by atoms with Gasteiger partial charge in [0.05, 0.1) is 6.54 Å². The topological polar surface area (TPSA) is 113 Å². The molecular weight excluding hydrogens is 524 g/mol. The molecule has 0 aromatic heterocycles. The van der Waals surface area contributed by atoms with Gasteiger partial charge in [0.25, 0.3) is 0 Å². The van der Waals surface area contributed by atoms with Gasteiger partial charge in [0.15, 0.2) is 0 Å². The van der Waals surface area contributed by atoms with Crippen LogP contribution < -0.4 is 0 Å². The van der Waals surface area contributed by atoms with Gasteiger partial charge in [0.2, 0.25) is 0 Å². The second-order valence-electron chi connectivity index (χ2n) is 11.9. The van der Waals surface area contributed by atoms with E-state index in [-0.39, 0.29) is 49.6 Å². The van der Waals surface area contributed by atoms with Gasteiger partial charge in [0, 0.05) is 25.3 Å². The molecule has 1 atom stereocenters. The zero-order valence-corrected chi connectivity index (χ0v) is 24.3. The van der Waals surface area contributed by atoms with Gasteiger partial charge in [-0.05, 0) is 75.4 Å². The van der Waals surface area contributed by atoms with Gasteiger partial charge in [-0.3, -0.25) is 19.4 Å². The molecular formula is C32H40N2O7. The van der Waals surface area contributed by atoms with Gasteiger partial charge >= 0.3 is 18.0 Å². The Balaban J connectivity index is 1.27. The number of hydrogen-bond donors (Lipinski definition) is 1. The normalized spacial score (nSPS) is 16.4. The summed E-state index contributed by atoms with van der Waals surface area (Å²) in [5, 5.41) is 9.84. The summed E-state index contributed by atoms with van der Waals surface area (Å²) in [6, 6.07) is 14.8. The highest BCUT2D eigenvalue weighted by molar-refractivity contribution is 5.84. The molecule has 41 heavy (non-hydrogen) atoms. The SMILES string of the molecule is CN(C(=O)OCC1c2ccccc2-c2ccccc21)[C@@H](CCC(=O)C1CCN(CC(=O)OC(C)(C)C)CC1)C(=O)O. The van der Waals surface area contributed by atoms with Crippen LogP contribution in [0.5, 0.6) is 0 Å². The number of carboxylic acid groups (broad SMARTS) is 1. The highest BCUT2D eigenvalue weighted by atomic mass is 16.6. The number of Topliss-reactive ketones (excluding diaryl/α,β-unsaturated/α-hetero) is 1. The molecule has 220 valence electrons. The molecule has 0 spiro atoms. The molecule has 2 aromatic rings. The molecule has 0 unspecified atom stereocenters. The maximum atomic E-state index is 12.9. The molecule has 9 heteroatoms. The Hall–Kier alpha value is -3.72. The molecule has 1 saturated heterocycles. The molecule has 1 heterocycles. The largest absolute Gasteiger partial charge is 0.480 e. The third-order valence-electron chi connectivity index (χ3n) is 7.86. The van der Waals surface area contributed by atoms with Crippen LogP contribution in [-0.2, 0) is 23.9 Å². The summed E-state index contributed by atoms with van der Waals surface area (Å²) >= 11 is 0. The monoisotopic (exact) mass is 564 g/mol. The Kier molecular flexibility index (Phi) is 9.48. The van der Waals surface area contributed by atoms with Crippen molar-refractivity contribution in [2.45, 2.75) is 64.0 Å². The van der Waals surface area contributed by atoms with E-state index in [1.165, 1.54) is 7.05 Å². The van der Waals surface area contributed by atoms with Crippen molar-refractivity contribution < 1.29 is 33.8 Å². The summed E-state index contributed by atoms with van der Waals surface area (Å²) in [6.45, 7) is 6.94. The van der Waals surface area contributed by atoms with E-state index < -0.39 is 23.7 Å². The number of hydrogen-bond acceptors (Lipinski definition) is 7. The third-order valence-corrected chi connectivity index (χ3v) is 7.86. The minimum Gasteiger partial charge on any atom is -0.480 e. The lowest BCUT2D eigenvalue weighted by Gasteiger charge is -2.31. The first-order valence-electron chi connectivity index (χ1n) is 14.2. The van der Waals surface area contributed by atoms with E-state index in [9.17, 15) is 24.3 Å². The van der Waals surface area contributed by atoms with Gasteiger partial charge in [-0.1, -0.05) is 48.5 Å². The molecule has 0 bridgehead atoms. The van der Waals surface area contributed by atoms with Crippen LogP contribution in [0.4, 0.5) is 4.79 Å². The second kappa shape index (κ2) is 12.9. The number of piperidine rings is 1. The Morgan fingerprint density at radius 2 is 1.54 bits per heavy atom. The molecule has 0 radical (unpaired) electrons. The van der Waals surface area contributed by atoms with E-state index in [4.69, 9.17) is 9.47 Å². The summed E-state index contributed by atoms with van der Waals surface area (Å²) < 4.78 is 11.0. The van der Waals surface area contributed by atoms with Crippen LogP contribution in [0.2, 0.25) is 0 Å². The van der Waals surface area contributed by atoms with Crippen molar-refractivity contribution in [1.82, 2.24) is 9.80 Å². The van der Waals surface area contributed by atoms with Crippen LogP contribution in [0.3, 0.4) is 0 Å². The van der Waals surface area contributed by atoms with Gasteiger partial charge in [-0.15, -0.1) is 0 Å². The first-order chi connectivity index (χ1) is 19.4. The lowest BCUT2D eigenvalue weighted by atomic mass is 9.89. The number of carboxylic acids is 1. The van der Waals surface area contributed by atoms with E-state index >= 15 is 0 Å². The maximum Gasteiger partial charge on any atom is 0.410 e. The fraction of sp³-hybridized carbons (Fsp3) is 0.500. The number of fused-ring (bicyclic) bond motifs is 3. The Labute approximate surface area is 241 Å². The molecule has 9 nitrogen and oxygen atoms in total. The number of likely N-dealkylation sites (tertiary alicyclic amines) is 1. The molecule has 1 aliphatic heterocycles. The fourth-order valence-electron chi connectivity index (χ4n) is 5.76. The molecule has 2 aliphatic rings. The lowest BCUT2D eigenvalue weighted by molar-refractivity contribution is -0.156. The van der Waals surface area contributed by atoms with Crippen LogP contribution in [0, 0.1) is 5.92 Å². The average molecular weight is 565 g/mol. The number of esters is 1. The van der Waals surface area contributed by atoms with E-state index in [2.05, 4.69) is 0 Å². The van der Waals surface area contributed by atoms with Crippen molar-refractivity contribution in [3.05, 3.63) is 59.7 Å². The molecule has 1 amide bonds. The van der Waals surface area contributed by atoms with Crippen molar-refractivity contribution >= 4 is 23.8 Å². The molecule has 1 aliphatic carbocycles. The van der Waals surface area contributed by atoms with Crippen LogP contribution in [0.15, 0.2) is 48.5 Å². The minimum atomic E-state index is -1.18. The van der Waals surface area contributed by atoms with Crippen molar-refractivity contribution in [1.29, 1.82) is 0 Å². The molecule has 2 aromatic carbocycles. The highest BCUT2D eigenvalue weighted by Crippen LogP contribution is 2.44. The number of rotatable bonds is 10. The molecule has 4 rings (SSSR count). The maximum absolute atomic E-state index is 12.9. The molecule has 1 N–H and O–H groups in total. The lowest BCUT2D eigenvalue weighted by Crippen LogP contribution is -2.44. The van der Waals surface area contributed by atoms with Crippen molar-refractivity contribution in [3.63, 3.8) is 0 Å². The zero-order chi connectivity index (χ0) is 29.7. The van der Waals surface area contributed by atoms with E-state index in [0.29, 0.717) is 25.9 Å². The summed E-state index contributed by atoms with van der Waals surface area (Å²) in [5.41, 5.74) is 3.81. The summed E-state index contributed by atoms with van der Waals surface area (Å²) in [7, 11) is 1.40. The van der Waals surface area contributed by atoms with Crippen LogP contribution in [-0.4, -0.2) is 83.7 Å². The summed E-state index contributed by atoms with van der Waals surface area (Å²) in [5.74, 6) is -1.82. The van der Waals surface area contributed by atoms with Gasteiger partial charge in [-0.2, -0.15) is 0 Å². The number of ether oxygens (including phenoxy) is 2. The summed E-state index contributed by atoms with van der Waals surface area (Å²) in [4.78, 5) is 53.1. The number of benzene rings is 2. The van der Waals surface area contributed by atoms with Gasteiger partial charge in [0.1, 0.15) is 24.0 Å². The highest BCUT2D eigenvalue weighted by Gasteiger charge is 2.33. The van der Waals surface area contributed by atoms with Gasteiger partial charge < -0.3 is 14.6 Å². The first-order valence-corrected chi connectivity index (χ1v) is 14.2. The van der Waals surface area contributed by atoms with Crippen molar-refractivity contribution in [3.8, 4) is 11.1 Å². The predicted molar refractivity (Wildman–Crippen MR) is 154 cm³/mol. The number of aliphatic carboxylic acids is 1. The predicted octanol–water partition coefficient (Wildman–Crippen LogP) is 4.72. The number of nitrogens with zero attached hydrogens (tertiary/aromatic N) is 2. The summed E-state index contributed by atoms with van der Waals surface area (Å²) in [6.07, 6.45) is 0.521. The smallest absolute Gasteiger partial charge is 0.410 e. The Morgan fingerprint density at radius 3 is 2.07 bits per heavy atom. The Morgan fingerprint density at radius 1 is 0.976 bits per heavy atom. The average Bonchev–Trinajstić information content (AvgIpc) is 3.24. The van der Waals surface area contributed by atoms with Crippen LogP contribution in [0.25, 0.3) is 11.1 Å². The quantitative estimate of drug-likeness (QED) is 0.413.